The number of ether oxygens (including phenoxy) is 1. The Bertz CT molecular complexity index is 982. The van der Waals surface area contributed by atoms with Crippen LogP contribution in [0.2, 0.25) is 0 Å². The van der Waals surface area contributed by atoms with Gasteiger partial charge in [0.15, 0.2) is 6.61 Å². The third-order valence-corrected chi connectivity index (χ3v) is 5.49. The maximum absolute atomic E-state index is 12.2. The average Bonchev–Trinajstić information content (AvgIpc) is 2.78. The molecular formula is C24H25N3O3. The largest absolute Gasteiger partial charge is 0.484 e. The summed E-state index contributed by atoms with van der Waals surface area (Å²) in [5.41, 5.74) is 3.93. The molecule has 1 aliphatic heterocycles. The van der Waals surface area contributed by atoms with Crippen LogP contribution in [0.5, 0.6) is 5.75 Å². The summed E-state index contributed by atoms with van der Waals surface area (Å²) in [5, 5.41) is 11.0. The summed E-state index contributed by atoms with van der Waals surface area (Å²) in [5.74, 6) is 0.314. The van der Waals surface area contributed by atoms with E-state index in [0.717, 1.165) is 55.3 Å². The summed E-state index contributed by atoms with van der Waals surface area (Å²) in [6.07, 6.45) is 5.56. The summed E-state index contributed by atoms with van der Waals surface area (Å²) >= 11 is 0. The van der Waals surface area contributed by atoms with Crippen molar-refractivity contribution < 1.29 is 14.3 Å². The topological polar surface area (TPSA) is 80.1 Å². The second-order valence-electron chi connectivity index (χ2n) is 7.64. The number of amides is 2. The molecule has 1 N–H and O–H groups in total. The third-order valence-electron chi connectivity index (χ3n) is 5.49. The minimum Gasteiger partial charge on any atom is -0.484 e. The predicted molar refractivity (Wildman–Crippen MR) is 114 cm³/mol. The number of nitrogens with one attached hydrogen (secondary N) is 1. The van der Waals surface area contributed by atoms with Crippen molar-refractivity contribution in [2.24, 2.45) is 10.2 Å². The van der Waals surface area contributed by atoms with Crippen LogP contribution >= 0.6 is 0 Å². The van der Waals surface area contributed by atoms with Crippen molar-refractivity contribution in [2.75, 3.05) is 11.9 Å². The Morgan fingerprint density at radius 1 is 1.07 bits per heavy atom. The Morgan fingerprint density at radius 3 is 2.77 bits per heavy atom. The molecular weight excluding hydrogens is 378 g/mol. The van der Waals surface area contributed by atoms with E-state index in [1.165, 1.54) is 5.57 Å². The second kappa shape index (κ2) is 9.48. The lowest BCUT2D eigenvalue weighted by molar-refractivity contribution is -0.118. The molecule has 0 spiro atoms. The smallest absolute Gasteiger partial charge is 0.291 e. The zero-order chi connectivity index (χ0) is 20.8. The Labute approximate surface area is 176 Å². The van der Waals surface area contributed by atoms with Crippen molar-refractivity contribution in [3.05, 3.63) is 71.3 Å². The molecule has 0 saturated heterocycles. The number of hydrogen-bond donors (Lipinski definition) is 1. The normalized spacial score (nSPS) is 18.1. The number of aryl methyl sites for hydroxylation is 1. The van der Waals surface area contributed by atoms with Crippen molar-refractivity contribution in [3.63, 3.8) is 0 Å². The zero-order valence-electron chi connectivity index (χ0n) is 16.8. The summed E-state index contributed by atoms with van der Waals surface area (Å²) in [7, 11) is 0. The molecule has 2 amide bonds. The van der Waals surface area contributed by atoms with E-state index in [1.54, 1.807) is 0 Å². The van der Waals surface area contributed by atoms with Crippen LogP contribution in [0, 0.1) is 0 Å². The molecule has 6 nitrogen and oxygen atoms in total. The van der Waals surface area contributed by atoms with E-state index in [9.17, 15) is 9.59 Å². The van der Waals surface area contributed by atoms with E-state index >= 15 is 0 Å². The molecule has 1 aliphatic carbocycles. The second-order valence-corrected chi connectivity index (χ2v) is 7.64. The lowest BCUT2D eigenvalue weighted by atomic mass is 9.84. The van der Waals surface area contributed by atoms with Crippen LogP contribution in [0.1, 0.15) is 37.7 Å². The van der Waals surface area contributed by atoms with Gasteiger partial charge in [-0.05, 0) is 73.9 Å². The maximum Gasteiger partial charge on any atom is 0.291 e. The van der Waals surface area contributed by atoms with Gasteiger partial charge in [-0.3, -0.25) is 9.59 Å². The van der Waals surface area contributed by atoms with Gasteiger partial charge in [-0.2, -0.15) is 5.11 Å². The predicted octanol–water partition coefficient (Wildman–Crippen LogP) is 4.87. The van der Waals surface area contributed by atoms with Crippen molar-refractivity contribution in [1.29, 1.82) is 0 Å². The number of azo groups is 1. The van der Waals surface area contributed by atoms with Gasteiger partial charge >= 0.3 is 0 Å². The van der Waals surface area contributed by atoms with Gasteiger partial charge in [0.05, 0.1) is 6.04 Å². The number of para-hydroxylation sites is 1. The van der Waals surface area contributed by atoms with Gasteiger partial charge < -0.3 is 10.1 Å². The highest BCUT2D eigenvalue weighted by atomic mass is 16.5. The van der Waals surface area contributed by atoms with Gasteiger partial charge in [-0.15, -0.1) is 5.11 Å². The van der Waals surface area contributed by atoms with Crippen LogP contribution < -0.4 is 10.1 Å². The van der Waals surface area contributed by atoms with Crippen LogP contribution in [0.25, 0.3) is 0 Å². The monoisotopic (exact) mass is 403 g/mol. The first-order chi connectivity index (χ1) is 14.7. The van der Waals surface area contributed by atoms with Crippen molar-refractivity contribution >= 4 is 17.5 Å². The number of carbonyl (C=O) groups excluding carboxylic acids is 2. The van der Waals surface area contributed by atoms with Crippen molar-refractivity contribution in [1.82, 2.24) is 0 Å². The van der Waals surface area contributed by atoms with E-state index in [1.807, 2.05) is 54.6 Å². The molecule has 2 aromatic carbocycles. The van der Waals surface area contributed by atoms with Gasteiger partial charge in [0.25, 0.3) is 11.8 Å². The van der Waals surface area contributed by atoms with Gasteiger partial charge in [-0.1, -0.05) is 30.3 Å². The summed E-state index contributed by atoms with van der Waals surface area (Å²) in [6, 6.07) is 17.1. The molecule has 0 aromatic heterocycles. The van der Waals surface area contributed by atoms with Crippen molar-refractivity contribution in [2.45, 2.75) is 44.6 Å². The van der Waals surface area contributed by atoms with E-state index in [-0.39, 0.29) is 24.5 Å². The first kappa shape index (κ1) is 20.0. The Balaban J connectivity index is 1.32. The number of nitrogens with zero attached hydrogens (tertiary/aromatic N) is 2. The zero-order valence-corrected chi connectivity index (χ0v) is 16.8. The number of anilines is 1. The Kier molecular flexibility index (Phi) is 6.32. The van der Waals surface area contributed by atoms with Gasteiger partial charge in [0.1, 0.15) is 5.75 Å². The highest BCUT2D eigenvalue weighted by molar-refractivity contribution is 5.95. The van der Waals surface area contributed by atoms with Crippen LogP contribution in [0.15, 0.2) is 76.0 Å². The van der Waals surface area contributed by atoms with E-state index in [0.29, 0.717) is 5.75 Å². The molecule has 2 aliphatic rings. The fourth-order valence-corrected chi connectivity index (χ4v) is 4.00. The molecule has 154 valence electrons. The molecule has 2 aromatic rings. The lowest BCUT2D eigenvalue weighted by Gasteiger charge is -2.25. The molecule has 0 bridgehead atoms. The highest BCUT2D eigenvalue weighted by Crippen LogP contribution is 2.34. The van der Waals surface area contributed by atoms with Crippen LogP contribution in [0.3, 0.4) is 0 Å². The fraction of sp³-hybridized carbons (Fsp3) is 0.333. The fourth-order valence-electron chi connectivity index (χ4n) is 4.00. The number of carbonyl (C=O) groups is 2. The molecule has 0 radical (unpaired) electrons. The number of hydrogen-bond acceptors (Lipinski definition) is 4. The Hall–Kier alpha value is -3.28. The Morgan fingerprint density at radius 2 is 1.90 bits per heavy atom. The van der Waals surface area contributed by atoms with Gasteiger partial charge in [-0.25, -0.2) is 0 Å². The van der Waals surface area contributed by atoms with Gasteiger partial charge in [0, 0.05) is 11.3 Å². The minimum atomic E-state index is -0.201. The van der Waals surface area contributed by atoms with Crippen LogP contribution in [0.4, 0.5) is 5.69 Å². The lowest BCUT2D eigenvalue weighted by Crippen LogP contribution is -2.22. The number of rotatable bonds is 7. The van der Waals surface area contributed by atoms with Crippen LogP contribution in [-0.4, -0.2) is 24.5 Å². The molecule has 6 heteroatoms. The number of benzene rings is 2. The highest BCUT2D eigenvalue weighted by Gasteiger charge is 2.28. The molecule has 1 atom stereocenters. The van der Waals surface area contributed by atoms with E-state index in [2.05, 4.69) is 15.5 Å². The third kappa shape index (κ3) is 5.00. The quantitative estimate of drug-likeness (QED) is 0.716. The average molecular weight is 403 g/mol. The maximum atomic E-state index is 12.2. The summed E-state index contributed by atoms with van der Waals surface area (Å²) < 4.78 is 5.49. The molecule has 1 unspecified atom stereocenters. The molecule has 0 fully saturated rings. The van der Waals surface area contributed by atoms with Crippen molar-refractivity contribution in [3.8, 4) is 5.75 Å². The van der Waals surface area contributed by atoms with Crippen LogP contribution in [-0.2, 0) is 16.0 Å². The van der Waals surface area contributed by atoms with E-state index < -0.39 is 0 Å². The molecule has 1 heterocycles. The first-order valence-corrected chi connectivity index (χ1v) is 10.4. The SMILES string of the molecule is O=C(COc1ccccc1)Nc1cccc(CCC2N=NC(=O)C3=C2CCCC3)c1. The molecule has 30 heavy (non-hydrogen) atoms. The van der Waals surface area contributed by atoms with E-state index in [4.69, 9.17) is 4.74 Å². The molecule has 4 rings (SSSR count). The minimum absolute atomic E-state index is 0.00415. The molecule has 0 saturated carbocycles. The standard InChI is InChI=1S/C24H25N3O3/c28-23(16-30-19-9-2-1-3-10-19)25-18-8-6-7-17(15-18)13-14-22-20-11-4-5-12-21(20)24(29)27-26-22/h1-3,6-10,15,22H,4-5,11-14,16H2,(H,25,28). The summed E-state index contributed by atoms with van der Waals surface area (Å²) in [6.45, 7) is -0.0400. The van der Waals surface area contributed by atoms with Gasteiger partial charge in [0.2, 0.25) is 0 Å². The summed E-state index contributed by atoms with van der Waals surface area (Å²) in [4.78, 5) is 24.2. The first-order valence-electron chi connectivity index (χ1n) is 10.4.